The normalized spacial score (nSPS) is 20.5. The van der Waals surface area contributed by atoms with E-state index in [0.717, 1.165) is 30.2 Å². The molecular weight excluding hydrogens is 258 g/mol. The highest BCUT2D eigenvalue weighted by atomic mass is 32.1. The molecule has 1 aliphatic heterocycles. The number of nitrogens with zero attached hydrogens (tertiary/aromatic N) is 1. The lowest BCUT2D eigenvalue weighted by molar-refractivity contribution is -0.122. The van der Waals surface area contributed by atoms with Crippen molar-refractivity contribution in [3.05, 3.63) is 15.6 Å². The summed E-state index contributed by atoms with van der Waals surface area (Å²) in [6, 6.07) is 0.0698. The molecular formula is C14H23N3OS. The maximum atomic E-state index is 12.0. The van der Waals surface area contributed by atoms with Gasteiger partial charge in [0, 0.05) is 11.3 Å². The molecule has 0 aliphatic carbocycles. The second-order valence-electron chi connectivity index (χ2n) is 5.37. The predicted octanol–water partition coefficient (Wildman–Crippen LogP) is 2.33. The molecule has 4 nitrogen and oxygen atoms in total. The summed E-state index contributed by atoms with van der Waals surface area (Å²) in [5.41, 5.74) is 1.04. The van der Waals surface area contributed by atoms with Crippen LogP contribution in [0.25, 0.3) is 0 Å². The van der Waals surface area contributed by atoms with Crippen molar-refractivity contribution in [3.8, 4) is 0 Å². The van der Waals surface area contributed by atoms with Crippen molar-refractivity contribution < 1.29 is 4.79 Å². The average molecular weight is 281 g/mol. The molecule has 5 heteroatoms. The number of hydrogen-bond donors (Lipinski definition) is 2. The second-order valence-corrected chi connectivity index (χ2v) is 6.60. The SMILES string of the molecule is Cc1nc(C)c(C(C)NC(=O)CCC2CCNC2)s1. The highest BCUT2D eigenvalue weighted by molar-refractivity contribution is 7.11. The Bertz CT molecular complexity index is 438. The van der Waals surface area contributed by atoms with Crippen molar-refractivity contribution in [2.75, 3.05) is 13.1 Å². The lowest BCUT2D eigenvalue weighted by Gasteiger charge is -2.14. The molecule has 2 rings (SSSR count). The fourth-order valence-electron chi connectivity index (χ4n) is 2.62. The molecule has 106 valence electrons. The molecule has 19 heavy (non-hydrogen) atoms. The maximum absolute atomic E-state index is 12.0. The van der Waals surface area contributed by atoms with Crippen molar-refractivity contribution in [2.24, 2.45) is 5.92 Å². The van der Waals surface area contributed by atoms with Gasteiger partial charge in [-0.25, -0.2) is 4.98 Å². The van der Waals surface area contributed by atoms with Gasteiger partial charge in [0.05, 0.1) is 16.7 Å². The van der Waals surface area contributed by atoms with E-state index in [1.54, 1.807) is 11.3 Å². The number of rotatable bonds is 5. The Kier molecular flexibility index (Phi) is 4.93. The van der Waals surface area contributed by atoms with Crippen molar-refractivity contribution in [1.82, 2.24) is 15.6 Å². The van der Waals surface area contributed by atoms with E-state index in [-0.39, 0.29) is 11.9 Å². The number of carbonyl (C=O) groups is 1. The van der Waals surface area contributed by atoms with Crippen LogP contribution < -0.4 is 10.6 Å². The Morgan fingerprint density at radius 3 is 2.95 bits per heavy atom. The van der Waals surface area contributed by atoms with Crippen LogP contribution in [0.3, 0.4) is 0 Å². The molecule has 1 aromatic heterocycles. The van der Waals surface area contributed by atoms with Crippen LogP contribution in [-0.2, 0) is 4.79 Å². The first kappa shape index (κ1) is 14.5. The van der Waals surface area contributed by atoms with Crippen molar-refractivity contribution >= 4 is 17.2 Å². The van der Waals surface area contributed by atoms with Gasteiger partial charge in [-0.3, -0.25) is 4.79 Å². The summed E-state index contributed by atoms with van der Waals surface area (Å²) in [6.45, 7) is 8.21. The minimum absolute atomic E-state index is 0.0698. The number of amides is 1. The lowest BCUT2D eigenvalue weighted by atomic mass is 10.0. The summed E-state index contributed by atoms with van der Waals surface area (Å²) in [4.78, 5) is 17.5. The minimum atomic E-state index is 0.0698. The van der Waals surface area contributed by atoms with E-state index in [0.29, 0.717) is 12.3 Å². The topological polar surface area (TPSA) is 54.0 Å². The molecule has 0 aromatic carbocycles. The molecule has 2 heterocycles. The number of hydrogen-bond acceptors (Lipinski definition) is 4. The molecule has 2 atom stereocenters. The summed E-state index contributed by atoms with van der Waals surface area (Å²) in [6.07, 6.45) is 2.83. The number of nitrogens with one attached hydrogen (secondary N) is 2. The predicted molar refractivity (Wildman–Crippen MR) is 78.4 cm³/mol. The molecule has 2 unspecified atom stereocenters. The van der Waals surface area contributed by atoms with Crippen LogP contribution in [0.5, 0.6) is 0 Å². The van der Waals surface area contributed by atoms with Gasteiger partial charge in [-0.05, 0) is 52.6 Å². The Morgan fingerprint density at radius 1 is 1.58 bits per heavy atom. The van der Waals surface area contributed by atoms with E-state index in [1.165, 1.54) is 11.3 Å². The van der Waals surface area contributed by atoms with Crippen LogP contribution >= 0.6 is 11.3 Å². The number of aryl methyl sites for hydroxylation is 2. The van der Waals surface area contributed by atoms with Gasteiger partial charge in [-0.1, -0.05) is 0 Å². The Labute approximate surface area is 119 Å². The molecule has 0 radical (unpaired) electrons. The van der Waals surface area contributed by atoms with Gasteiger partial charge >= 0.3 is 0 Å². The summed E-state index contributed by atoms with van der Waals surface area (Å²) in [5.74, 6) is 0.832. The van der Waals surface area contributed by atoms with E-state index in [4.69, 9.17) is 0 Å². The van der Waals surface area contributed by atoms with Crippen molar-refractivity contribution in [1.29, 1.82) is 0 Å². The van der Waals surface area contributed by atoms with Gasteiger partial charge < -0.3 is 10.6 Å². The molecule has 0 bridgehead atoms. The first-order valence-corrected chi connectivity index (χ1v) is 7.82. The number of aromatic nitrogens is 1. The van der Waals surface area contributed by atoms with Gasteiger partial charge in [0.2, 0.25) is 5.91 Å². The zero-order valence-corrected chi connectivity index (χ0v) is 12.8. The standard InChI is InChI=1S/C14H23N3OS/c1-9-14(19-11(3)16-9)10(2)17-13(18)5-4-12-6-7-15-8-12/h10,12,15H,4-8H2,1-3H3,(H,17,18). The number of carbonyl (C=O) groups excluding carboxylic acids is 1. The first-order chi connectivity index (χ1) is 9.06. The average Bonchev–Trinajstić information content (AvgIpc) is 2.96. The van der Waals surface area contributed by atoms with Crippen LogP contribution in [0.4, 0.5) is 0 Å². The molecule has 2 N–H and O–H groups in total. The molecule has 1 fully saturated rings. The monoisotopic (exact) mass is 281 g/mol. The summed E-state index contributed by atoms with van der Waals surface area (Å²) >= 11 is 1.67. The van der Waals surface area contributed by atoms with Gasteiger partial charge in [-0.15, -0.1) is 11.3 Å². The largest absolute Gasteiger partial charge is 0.349 e. The van der Waals surface area contributed by atoms with Crippen LogP contribution in [0.2, 0.25) is 0 Å². The third-order valence-electron chi connectivity index (χ3n) is 3.65. The van der Waals surface area contributed by atoms with Gasteiger partial charge in [0.15, 0.2) is 0 Å². The van der Waals surface area contributed by atoms with Crippen molar-refractivity contribution in [2.45, 2.75) is 46.1 Å². The van der Waals surface area contributed by atoms with Gasteiger partial charge in [0.25, 0.3) is 0 Å². The summed E-state index contributed by atoms with van der Waals surface area (Å²) in [7, 11) is 0. The maximum Gasteiger partial charge on any atom is 0.220 e. The van der Waals surface area contributed by atoms with Crippen molar-refractivity contribution in [3.63, 3.8) is 0 Å². The van der Waals surface area contributed by atoms with Gasteiger partial charge in [-0.2, -0.15) is 0 Å². The Hall–Kier alpha value is -0.940. The zero-order chi connectivity index (χ0) is 13.8. The fraction of sp³-hybridized carbons (Fsp3) is 0.714. The van der Waals surface area contributed by atoms with E-state index in [1.807, 2.05) is 20.8 Å². The summed E-state index contributed by atoms with van der Waals surface area (Å²) < 4.78 is 0. The smallest absolute Gasteiger partial charge is 0.220 e. The van der Waals surface area contributed by atoms with Crippen LogP contribution in [0.15, 0.2) is 0 Å². The van der Waals surface area contributed by atoms with E-state index in [2.05, 4.69) is 15.6 Å². The second kappa shape index (κ2) is 6.48. The third-order valence-corrected chi connectivity index (χ3v) is 4.91. The Morgan fingerprint density at radius 2 is 2.37 bits per heavy atom. The van der Waals surface area contributed by atoms with Crippen LogP contribution in [0, 0.1) is 19.8 Å². The fourth-order valence-corrected chi connectivity index (χ4v) is 3.55. The quantitative estimate of drug-likeness (QED) is 0.871. The Balaban J connectivity index is 1.79. The lowest BCUT2D eigenvalue weighted by Crippen LogP contribution is -2.27. The van der Waals surface area contributed by atoms with Gasteiger partial charge in [0.1, 0.15) is 0 Å². The molecule has 0 spiro atoms. The molecule has 1 saturated heterocycles. The van der Waals surface area contributed by atoms with E-state index >= 15 is 0 Å². The summed E-state index contributed by atoms with van der Waals surface area (Å²) in [5, 5.41) is 7.48. The molecule has 0 saturated carbocycles. The highest BCUT2D eigenvalue weighted by Crippen LogP contribution is 2.24. The zero-order valence-electron chi connectivity index (χ0n) is 12.0. The molecule has 1 aliphatic rings. The molecule has 1 amide bonds. The van der Waals surface area contributed by atoms with E-state index < -0.39 is 0 Å². The van der Waals surface area contributed by atoms with Crippen LogP contribution in [0.1, 0.15) is 47.8 Å². The van der Waals surface area contributed by atoms with E-state index in [9.17, 15) is 4.79 Å². The molecule has 1 aromatic rings. The highest BCUT2D eigenvalue weighted by Gasteiger charge is 2.18. The number of thiazole rings is 1. The first-order valence-electron chi connectivity index (χ1n) is 7.00. The minimum Gasteiger partial charge on any atom is -0.349 e. The van der Waals surface area contributed by atoms with Crippen LogP contribution in [-0.4, -0.2) is 24.0 Å². The third kappa shape index (κ3) is 4.01.